The zero-order chi connectivity index (χ0) is 14.5. The van der Waals surface area contributed by atoms with E-state index in [0.717, 1.165) is 41.1 Å². The highest BCUT2D eigenvalue weighted by Gasteiger charge is 2.29. The van der Waals surface area contributed by atoms with Gasteiger partial charge in [0, 0.05) is 28.2 Å². The highest BCUT2D eigenvalue weighted by atomic mass is 15.1. The van der Waals surface area contributed by atoms with Crippen LogP contribution in [0.2, 0.25) is 0 Å². The molecular formula is C17H17N5. The van der Waals surface area contributed by atoms with E-state index in [0.29, 0.717) is 5.92 Å². The van der Waals surface area contributed by atoms with Crippen LogP contribution in [0.1, 0.15) is 42.3 Å². The first-order valence-corrected chi connectivity index (χ1v) is 7.97. The third-order valence-corrected chi connectivity index (χ3v) is 4.60. The van der Waals surface area contributed by atoms with E-state index >= 15 is 0 Å². The van der Waals surface area contributed by atoms with E-state index in [1.807, 2.05) is 12.3 Å². The molecule has 0 spiro atoms. The Hall–Kier alpha value is -2.43. The number of hydrogen-bond acceptors (Lipinski definition) is 4. The van der Waals surface area contributed by atoms with Gasteiger partial charge in [0.05, 0.1) is 11.7 Å². The van der Waals surface area contributed by atoms with Crippen LogP contribution >= 0.6 is 0 Å². The number of anilines is 2. The standard InChI is InChI=1S/C17H17N5/c1-2-13-15(3-1)20-16(10-4-5-10)21-17(13)19-12-6-7-14-11(8-12)9-18-22-14/h6-10H,1-5H2,(H,18,22)(H,19,20,21). The number of hydrogen-bond donors (Lipinski definition) is 2. The van der Waals surface area contributed by atoms with Crippen molar-refractivity contribution in [3.63, 3.8) is 0 Å². The van der Waals surface area contributed by atoms with E-state index in [-0.39, 0.29) is 0 Å². The van der Waals surface area contributed by atoms with Crippen LogP contribution in [0.3, 0.4) is 0 Å². The Morgan fingerprint density at radius 1 is 1.14 bits per heavy atom. The zero-order valence-corrected chi connectivity index (χ0v) is 12.3. The lowest BCUT2D eigenvalue weighted by Crippen LogP contribution is -2.05. The predicted molar refractivity (Wildman–Crippen MR) is 85.4 cm³/mol. The second-order valence-corrected chi connectivity index (χ2v) is 6.28. The van der Waals surface area contributed by atoms with E-state index in [2.05, 4.69) is 27.6 Å². The maximum absolute atomic E-state index is 4.82. The van der Waals surface area contributed by atoms with Crippen molar-refractivity contribution in [2.45, 2.75) is 38.0 Å². The Morgan fingerprint density at radius 3 is 3.00 bits per heavy atom. The molecule has 2 heterocycles. The highest BCUT2D eigenvalue weighted by molar-refractivity contribution is 5.82. The van der Waals surface area contributed by atoms with Crippen molar-refractivity contribution in [2.24, 2.45) is 0 Å². The monoisotopic (exact) mass is 291 g/mol. The molecule has 5 nitrogen and oxygen atoms in total. The Labute approximate surface area is 128 Å². The SMILES string of the molecule is c1cc2[nH]ncc2cc1Nc1nc(C2CC2)nc2c1CCC2. The van der Waals surface area contributed by atoms with Gasteiger partial charge in [0.25, 0.3) is 0 Å². The molecule has 2 aromatic heterocycles. The number of nitrogens with zero attached hydrogens (tertiary/aromatic N) is 3. The van der Waals surface area contributed by atoms with Crippen LogP contribution < -0.4 is 5.32 Å². The lowest BCUT2D eigenvalue weighted by atomic mass is 10.2. The molecule has 110 valence electrons. The molecule has 2 aliphatic carbocycles. The largest absolute Gasteiger partial charge is 0.340 e. The summed E-state index contributed by atoms with van der Waals surface area (Å²) in [5, 5.41) is 11.7. The fraction of sp³-hybridized carbons (Fsp3) is 0.353. The van der Waals surface area contributed by atoms with Gasteiger partial charge in [-0.1, -0.05) is 0 Å². The summed E-state index contributed by atoms with van der Waals surface area (Å²) in [4.78, 5) is 9.62. The number of aryl methyl sites for hydroxylation is 1. The number of benzene rings is 1. The molecule has 5 heteroatoms. The van der Waals surface area contributed by atoms with Crippen molar-refractivity contribution < 1.29 is 0 Å². The molecule has 0 amide bonds. The van der Waals surface area contributed by atoms with Gasteiger partial charge in [-0.05, 0) is 50.3 Å². The summed E-state index contributed by atoms with van der Waals surface area (Å²) < 4.78 is 0. The number of aromatic nitrogens is 4. The minimum atomic E-state index is 0.586. The molecule has 0 aliphatic heterocycles. The average Bonchev–Trinajstić information content (AvgIpc) is 3.08. The summed E-state index contributed by atoms with van der Waals surface area (Å²) >= 11 is 0. The maximum atomic E-state index is 4.82. The van der Waals surface area contributed by atoms with E-state index in [1.54, 1.807) is 0 Å². The van der Waals surface area contributed by atoms with Crippen molar-refractivity contribution in [1.29, 1.82) is 0 Å². The predicted octanol–water partition coefficient (Wildman–Crippen LogP) is 3.46. The summed E-state index contributed by atoms with van der Waals surface area (Å²) in [7, 11) is 0. The molecule has 2 aliphatic rings. The van der Waals surface area contributed by atoms with E-state index < -0.39 is 0 Å². The Kier molecular flexibility index (Phi) is 2.50. The fourth-order valence-electron chi connectivity index (χ4n) is 3.24. The molecule has 0 atom stereocenters. The number of rotatable bonds is 3. The summed E-state index contributed by atoms with van der Waals surface area (Å²) in [6.07, 6.45) is 7.68. The van der Waals surface area contributed by atoms with E-state index in [9.17, 15) is 0 Å². The topological polar surface area (TPSA) is 66.5 Å². The first-order valence-electron chi connectivity index (χ1n) is 7.97. The number of aromatic amines is 1. The number of nitrogens with one attached hydrogen (secondary N) is 2. The van der Waals surface area contributed by atoms with Gasteiger partial charge in [-0.3, -0.25) is 5.10 Å². The lowest BCUT2D eigenvalue weighted by Gasteiger charge is -2.12. The van der Waals surface area contributed by atoms with Crippen LogP contribution in [0.4, 0.5) is 11.5 Å². The minimum absolute atomic E-state index is 0.586. The molecule has 2 N–H and O–H groups in total. The first kappa shape index (κ1) is 12.1. The molecule has 22 heavy (non-hydrogen) atoms. The summed E-state index contributed by atoms with van der Waals surface area (Å²) in [5.41, 5.74) is 4.67. The first-order chi connectivity index (χ1) is 10.9. The second-order valence-electron chi connectivity index (χ2n) is 6.28. The Bertz CT molecular complexity index is 863. The Balaban J connectivity index is 1.56. The molecule has 5 rings (SSSR count). The molecule has 0 saturated heterocycles. The second kappa shape index (κ2) is 4.53. The van der Waals surface area contributed by atoms with Gasteiger partial charge >= 0.3 is 0 Å². The quantitative estimate of drug-likeness (QED) is 0.775. The molecular weight excluding hydrogens is 274 g/mol. The minimum Gasteiger partial charge on any atom is -0.340 e. The molecule has 0 bridgehead atoms. The third-order valence-electron chi connectivity index (χ3n) is 4.60. The van der Waals surface area contributed by atoms with E-state index in [1.165, 1.54) is 30.5 Å². The van der Waals surface area contributed by atoms with Gasteiger partial charge in [0.1, 0.15) is 11.6 Å². The molecule has 1 aromatic carbocycles. The lowest BCUT2D eigenvalue weighted by molar-refractivity contribution is 0.873. The molecule has 1 fully saturated rings. The van der Waals surface area contributed by atoms with Crippen molar-refractivity contribution in [3.8, 4) is 0 Å². The van der Waals surface area contributed by atoms with Crippen molar-refractivity contribution >= 4 is 22.4 Å². The van der Waals surface area contributed by atoms with Gasteiger partial charge in [-0.2, -0.15) is 5.10 Å². The normalized spacial score (nSPS) is 16.9. The van der Waals surface area contributed by atoms with Crippen LogP contribution in [-0.2, 0) is 12.8 Å². The van der Waals surface area contributed by atoms with E-state index in [4.69, 9.17) is 9.97 Å². The van der Waals surface area contributed by atoms with Gasteiger partial charge in [-0.25, -0.2) is 9.97 Å². The fourth-order valence-corrected chi connectivity index (χ4v) is 3.24. The van der Waals surface area contributed by atoms with Crippen LogP contribution in [0.25, 0.3) is 10.9 Å². The van der Waals surface area contributed by atoms with Gasteiger partial charge < -0.3 is 5.32 Å². The zero-order valence-electron chi connectivity index (χ0n) is 12.3. The van der Waals surface area contributed by atoms with Crippen molar-refractivity contribution in [3.05, 3.63) is 41.5 Å². The third kappa shape index (κ3) is 1.96. The van der Waals surface area contributed by atoms with Crippen LogP contribution in [0.15, 0.2) is 24.4 Å². The van der Waals surface area contributed by atoms with Gasteiger partial charge in [0.15, 0.2) is 0 Å². The maximum Gasteiger partial charge on any atom is 0.137 e. The smallest absolute Gasteiger partial charge is 0.137 e. The van der Waals surface area contributed by atoms with Crippen LogP contribution in [0.5, 0.6) is 0 Å². The van der Waals surface area contributed by atoms with Crippen molar-refractivity contribution in [1.82, 2.24) is 20.2 Å². The molecule has 1 saturated carbocycles. The number of fused-ring (bicyclic) bond motifs is 2. The Morgan fingerprint density at radius 2 is 2.09 bits per heavy atom. The average molecular weight is 291 g/mol. The highest BCUT2D eigenvalue weighted by Crippen LogP contribution is 2.40. The summed E-state index contributed by atoms with van der Waals surface area (Å²) in [6, 6.07) is 6.23. The summed E-state index contributed by atoms with van der Waals surface area (Å²) in [5.74, 6) is 2.63. The van der Waals surface area contributed by atoms with Crippen LogP contribution in [-0.4, -0.2) is 20.2 Å². The van der Waals surface area contributed by atoms with Crippen molar-refractivity contribution in [2.75, 3.05) is 5.32 Å². The molecule has 3 aromatic rings. The van der Waals surface area contributed by atoms with Gasteiger partial charge in [-0.15, -0.1) is 0 Å². The summed E-state index contributed by atoms with van der Waals surface area (Å²) in [6.45, 7) is 0. The molecule has 0 unspecified atom stereocenters. The molecule has 0 radical (unpaired) electrons. The number of H-pyrrole nitrogens is 1. The van der Waals surface area contributed by atoms with Crippen LogP contribution in [0, 0.1) is 0 Å². The van der Waals surface area contributed by atoms with Gasteiger partial charge in [0.2, 0.25) is 0 Å².